The monoisotopic (exact) mass is 365 g/mol. The molecule has 0 fully saturated rings. The number of hydrogen-bond donors (Lipinski definition) is 2. The molecule has 7 heteroatoms. The summed E-state index contributed by atoms with van der Waals surface area (Å²) in [6.45, 7) is 1.92. The van der Waals surface area contributed by atoms with E-state index in [1.54, 1.807) is 24.3 Å². The van der Waals surface area contributed by atoms with E-state index in [-0.39, 0.29) is 5.69 Å². The zero-order valence-corrected chi connectivity index (χ0v) is 14.8. The topological polar surface area (TPSA) is 93.3 Å². The van der Waals surface area contributed by atoms with Crippen molar-refractivity contribution in [3.63, 3.8) is 0 Å². The van der Waals surface area contributed by atoms with Crippen LogP contribution in [0.5, 0.6) is 5.75 Å². The Balaban J connectivity index is 1.56. The van der Waals surface area contributed by atoms with Crippen LogP contribution < -0.4 is 10.1 Å². The zero-order valence-electron chi connectivity index (χ0n) is 14.8. The Morgan fingerprint density at radius 1 is 1.07 bits per heavy atom. The SMILES string of the molecule is CCOc1ccccc1NC(=O)COC(=O)c1cc(-c2ccccc2)n[nH]1. The van der Waals surface area contributed by atoms with E-state index in [0.29, 0.717) is 23.7 Å². The minimum absolute atomic E-state index is 0.177. The van der Waals surface area contributed by atoms with Gasteiger partial charge in [-0.15, -0.1) is 0 Å². The number of ether oxygens (including phenoxy) is 2. The number of nitrogens with zero attached hydrogens (tertiary/aromatic N) is 1. The van der Waals surface area contributed by atoms with Gasteiger partial charge in [-0.1, -0.05) is 42.5 Å². The maximum Gasteiger partial charge on any atom is 0.356 e. The Morgan fingerprint density at radius 3 is 2.59 bits per heavy atom. The van der Waals surface area contributed by atoms with Gasteiger partial charge in [0.05, 0.1) is 18.0 Å². The van der Waals surface area contributed by atoms with Crippen LogP contribution >= 0.6 is 0 Å². The normalized spacial score (nSPS) is 10.3. The standard InChI is InChI=1S/C20H19N3O4/c1-2-26-18-11-7-6-10-15(18)21-19(24)13-27-20(25)17-12-16(22-23-17)14-8-4-3-5-9-14/h3-12H,2,13H2,1H3,(H,21,24)(H,22,23). The van der Waals surface area contributed by atoms with Gasteiger partial charge in [0, 0.05) is 5.56 Å². The van der Waals surface area contributed by atoms with Crippen LogP contribution in [0.1, 0.15) is 17.4 Å². The number of rotatable bonds is 7. The van der Waals surface area contributed by atoms with Gasteiger partial charge >= 0.3 is 5.97 Å². The van der Waals surface area contributed by atoms with Crippen molar-refractivity contribution in [2.75, 3.05) is 18.5 Å². The smallest absolute Gasteiger partial charge is 0.356 e. The molecule has 3 aromatic rings. The lowest BCUT2D eigenvalue weighted by molar-refractivity contribution is -0.119. The van der Waals surface area contributed by atoms with Crippen molar-refractivity contribution in [3.05, 3.63) is 66.4 Å². The molecule has 2 aromatic carbocycles. The van der Waals surface area contributed by atoms with Crippen molar-refractivity contribution in [2.45, 2.75) is 6.92 Å². The summed E-state index contributed by atoms with van der Waals surface area (Å²) < 4.78 is 10.5. The largest absolute Gasteiger partial charge is 0.492 e. The van der Waals surface area contributed by atoms with Gasteiger partial charge in [0.1, 0.15) is 11.4 Å². The molecule has 1 amide bonds. The number of hydrogen-bond acceptors (Lipinski definition) is 5. The highest BCUT2D eigenvalue weighted by atomic mass is 16.5. The van der Waals surface area contributed by atoms with Crippen molar-refractivity contribution in [3.8, 4) is 17.0 Å². The Hall–Kier alpha value is -3.61. The van der Waals surface area contributed by atoms with Crippen molar-refractivity contribution in [1.82, 2.24) is 10.2 Å². The van der Waals surface area contributed by atoms with Crippen LogP contribution in [0.15, 0.2) is 60.7 Å². The summed E-state index contributed by atoms with van der Waals surface area (Å²) in [6, 6.07) is 18.1. The Kier molecular flexibility index (Phi) is 5.84. The fourth-order valence-electron chi connectivity index (χ4n) is 2.43. The molecule has 0 saturated carbocycles. The number of para-hydroxylation sites is 2. The number of carbonyl (C=O) groups excluding carboxylic acids is 2. The van der Waals surface area contributed by atoms with Crippen LogP contribution in [0.4, 0.5) is 5.69 Å². The third-order valence-corrected chi connectivity index (χ3v) is 3.66. The van der Waals surface area contributed by atoms with E-state index in [2.05, 4.69) is 15.5 Å². The second-order valence-electron chi connectivity index (χ2n) is 5.59. The molecule has 138 valence electrons. The predicted molar refractivity (Wildman–Crippen MR) is 101 cm³/mol. The maximum atomic E-state index is 12.1. The number of aromatic nitrogens is 2. The molecule has 7 nitrogen and oxygen atoms in total. The van der Waals surface area contributed by atoms with Gasteiger partial charge in [0.15, 0.2) is 6.61 Å². The molecule has 0 atom stereocenters. The number of nitrogens with one attached hydrogen (secondary N) is 2. The minimum Gasteiger partial charge on any atom is -0.492 e. The summed E-state index contributed by atoms with van der Waals surface area (Å²) in [6.07, 6.45) is 0. The van der Waals surface area contributed by atoms with Crippen molar-refractivity contribution < 1.29 is 19.1 Å². The molecule has 1 aromatic heterocycles. The summed E-state index contributed by atoms with van der Waals surface area (Å²) in [5.74, 6) is -0.558. The molecular formula is C20H19N3O4. The van der Waals surface area contributed by atoms with Crippen molar-refractivity contribution in [1.29, 1.82) is 0 Å². The summed E-state index contributed by atoms with van der Waals surface area (Å²) >= 11 is 0. The summed E-state index contributed by atoms with van der Waals surface area (Å²) in [4.78, 5) is 24.2. The Morgan fingerprint density at radius 2 is 1.81 bits per heavy atom. The van der Waals surface area contributed by atoms with Crippen LogP contribution in [0, 0.1) is 0 Å². The molecule has 0 spiro atoms. The van der Waals surface area contributed by atoms with E-state index in [1.807, 2.05) is 43.3 Å². The first-order valence-corrected chi connectivity index (χ1v) is 8.47. The second kappa shape index (κ2) is 8.66. The highest BCUT2D eigenvalue weighted by molar-refractivity contribution is 5.96. The second-order valence-corrected chi connectivity index (χ2v) is 5.59. The molecule has 0 bridgehead atoms. The number of anilines is 1. The van der Waals surface area contributed by atoms with E-state index in [0.717, 1.165) is 5.56 Å². The molecule has 27 heavy (non-hydrogen) atoms. The molecule has 0 unspecified atom stereocenters. The molecule has 0 aliphatic carbocycles. The first-order chi connectivity index (χ1) is 13.2. The first kappa shape index (κ1) is 18.2. The fourth-order valence-corrected chi connectivity index (χ4v) is 2.43. The van der Waals surface area contributed by atoms with E-state index in [4.69, 9.17) is 9.47 Å². The molecule has 3 rings (SSSR count). The Bertz CT molecular complexity index is 922. The third kappa shape index (κ3) is 4.72. The number of amides is 1. The van der Waals surface area contributed by atoms with Crippen LogP contribution in [0.25, 0.3) is 11.3 Å². The van der Waals surface area contributed by atoms with E-state index in [1.165, 1.54) is 0 Å². The lowest BCUT2D eigenvalue weighted by Gasteiger charge is -2.11. The van der Waals surface area contributed by atoms with Gasteiger partial charge in [-0.25, -0.2) is 4.79 Å². The molecule has 0 radical (unpaired) electrons. The summed E-state index contributed by atoms with van der Waals surface area (Å²) in [7, 11) is 0. The summed E-state index contributed by atoms with van der Waals surface area (Å²) in [5.41, 5.74) is 2.19. The number of esters is 1. The number of aromatic amines is 1. The lowest BCUT2D eigenvalue weighted by atomic mass is 10.1. The number of carbonyl (C=O) groups is 2. The molecule has 1 heterocycles. The number of H-pyrrole nitrogens is 1. The van der Waals surface area contributed by atoms with Crippen LogP contribution in [0.3, 0.4) is 0 Å². The van der Waals surface area contributed by atoms with Crippen molar-refractivity contribution in [2.24, 2.45) is 0 Å². The van der Waals surface area contributed by atoms with E-state index in [9.17, 15) is 9.59 Å². The maximum absolute atomic E-state index is 12.1. The van der Waals surface area contributed by atoms with Gasteiger partial charge in [0.2, 0.25) is 0 Å². The van der Waals surface area contributed by atoms with Crippen molar-refractivity contribution >= 4 is 17.6 Å². The molecule has 0 saturated heterocycles. The van der Waals surface area contributed by atoms with Gasteiger partial charge in [0.25, 0.3) is 5.91 Å². The third-order valence-electron chi connectivity index (χ3n) is 3.66. The average Bonchev–Trinajstić information content (AvgIpc) is 3.19. The zero-order chi connectivity index (χ0) is 19.1. The molecular weight excluding hydrogens is 346 g/mol. The van der Waals surface area contributed by atoms with E-state index < -0.39 is 18.5 Å². The van der Waals surface area contributed by atoms with Crippen LogP contribution in [0.2, 0.25) is 0 Å². The highest BCUT2D eigenvalue weighted by Crippen LogP contribution is 2.23. The van der Waals surface area contributed by atoms with Crippen LogP contribution in [-0.2, 0) is 9.53 Å². The van der Waals surface area contributed by atoms with Gasteiger partial charge in [-0.05, 0) is 25.1 Å². The van der Waals surface area contributed by atoms with Crippen LogP contribution in [-0.4, -0.2) is 35.3 Å². The Labute approximate surface area is 156 Å². The molecule has 0 aliphatic heterocycles. The molecule has 2 N–H and O–H groups in total. The average molecular weight is 365 g/mol. The predicted octanol–water partition coefficient (Wildman–Crippen LogP) is 3.27. The van der Waals surface area contributed by atoms with Gasteiger partial charge in [-0.2, -0.15) is 5.10 Å². The summed E-state index contributed by atoms with van der Waals surface area (Å²) in [5, 5.41) is 9.38. The van der Waals surface area contributed by atoms with Gasteiger partial charge < -0.3 is 14.8 Å². The van der Waals surface area contributed by atoms with E-state index >= 15 is 0 Å². The number of benzene rings is 2. The minimum atomic E-state index is -0.655. The lowest BCUT2D eigenvalue weighted by Crippen LogP contribution is -2.21. The van der Waals surface area contributed by atoms with Gasteiger partial charge in [-0.3, -0.25) is 9.89 Å². The fraction of sp³-hybridized carbons (Fsp3) is 0.150. The quantitative estimate of drug-likeness (QED) is 0.627. The highest BCUT2D eigenvalue weighted by Gasteiger charge is 2.15. The molecule has 0 aliphatic rings. The first-order valence-electron chi connectivity index (χ1n) is 8.47.